The minimum Gasteiger partial charge on any atom is -1.00 e. The molecule has 0 saturated heterocycles. The van der Waals surface area contributed by atoms with E-state index in [-0.39, 0.29) is 62.5 Å². The second-order valence-electron chi connectivity index (χ2n) is 3.13. The Morgan fingerprint density at radius 2 is 1.69 bits per heavy atom. The molecule has 1 N–H and O–H groups in total. The number of nitrogens with one attached hydrogen (secondary N) is 1. The maximum Gasteiger partial charge on any atom is 1.00 e. The summed E-state index contributed by atoms with van der Waals surface area (Å²) in [4.78, 5) is 0. The van der Waals surface area contributed by atoms with Crippen LogP contribution in [0, 0.1) is 0 Å². The number of hydrogen-bond acceptors (Lipinski definition) is 1. The Hall–Kier alpha value is 1.45. The molecule has 1 aliphatic rings. The van der Waals surface area contributed by atoms with Gasteiger partial charge < -0.3 is 10.0 Å². The summed E-state index contributed by atoms with van der Waals surface area (Å²) in [5.74, 6) is 0. The molecule has 0 amide bonds. The fourth-order valence-electron chi connectivity index (χ4n) is 1.56. The van der Waals surface area contributed by atoms with Gasteiger partial charge in [-0.15, -0.1) is 0 Å². The van der Waals surface area contributed by atoms with Crippen LogP contribution in [-0.2, 0) is 0 Å². The zero-order valence-corrected chi connectivity index (χ0v) is 11.2. The summed E-state index contributed by atoms with van der Waals surface area (Å²) in [5.41, 5.74) is 0. The van der Waals surface area contributed by atoms with E-state index < -0.39 is 7.27 Å². The molecule has 0 unspecified atom stereocenters. The molecule has 0 bridgehead atoms. The normalized spacial score (nSPS) is 17.1. The van der Waals surface area contributed by atoms with Crippen molar-refractivity contribution < 1.29 is 64.7 Å². The van der Waals surface area contributed by atoms with Gasteiger partial charge in [0.15, 0.2) is 0 Å². The van der Waals surface area contributed by atoms with E-state index in [0.717, 1.165) is 12.8 Å². The standard InChI is InChI=1S/C7H14BF2N.FH.K/c9-8(10)6-11-7-4-2-1-3-5-7;;/h7,11H,1-6H2;1H;/q;;+1/p-1. The first kappa shape index (κ1) is 16.9. The van der Waals surface area contributed by atoms with Crippen LogP contribution in [0.3, 0.4) is 0 Å². The van der Waals surface area contributed by atoms with E-state index in [1.807, 2.05) is 0 Å². The first-order chi connectivity index (χ1) is 5.29. The molecule has 0 aromatic rings. The first-order valence-electron chi connectivity index (χ1n) is 4.30. The SMILES string of the molecule is FB(F)CNC1CCCCC1.[F-].[K+]. The third-order valence-electron chi connectivity index (χ3n) is 2.17. The average molecular weight is 219 g/mol. The summed E-state index contributed by atoms with van der Waals surface area (Å²) in [6, 6.07) is 0.359. The van der Waals surface area contributed by atoms with E-state index in [4.69, 9.17) is 0 Å². The summed E-state index contributed by atoms with van der Waals surface area (Å²) < 4.78 is 23.5. The molecule has 0 atom stereocenters. The predicted octanol–water partition coefficient (Wildman–Crippen LogP) is -4.12. The van der Waals surface area contributed by atoms with Crippen LogP contribution in [0.2, 0.25) is 0 Å². The Kier molecular flexibility index (Phi) is 13.0. The summed E-state index contributed by atoms with van der Waals surface area (Å²) in [6.45, 7) is 0. The topological polar surface area (TPSA) is 12.0 Å². The van der Waals surface area contributed by atoms with Gasteiger partial charge in [-0.2, -0.15) is 0 Å². The molecule has 1 nitrogen and oxygen atoms in total. The number of rotatable bonds is 3. The first-order valence-corrected chi connectivity index (χ1v) is 4.30. The largest absolute Gasteiger partial charge is 1.00 e. The Morgan fingerprint density at radius 1 is 1.15 bits per heavy atom. The minimum absolute atomic E-state index is 0. The molecule has 6 heteroatoms. The van der Waals surface area contributed by atoms with Crippen molar-refractivity contribution in [3.63, 3.8) is 0 Å². The summed E-state index contributed by atoms with van der Waals surface area (Å²) in [5, 5.41) is 2.87. The van der Waals surface area contributed by atoms with E-state index >= 15 is 0 Å². The third kappa shape index (κ3) is 8.45. The van der Waals surface area contributed by atoms with Crippen LogP contribution in [0.5, 0.6) is 0 Å². The number of hydrogen-bond donors (Lipinski definition) is 1. The van der Waals surface area contributed by atoms with E-state index in [2.05, 4.69) is 5.32 Å². The zero-order valence-electron chi connectivity index (χ0n) is 8.03. The van der Waals surface area contributed by atoms with Gasteiger partial charge in [0, 0.05) is 12.5 Å². The van der Waals surface area contributed by atoms with Gasteiger partial charge in [0.05, 0.1) is 0 Å². The molecular formula is C7H14BF3KN. The van der Waals surface area contributed by atoms with Gasteiger partial charge in [-0.25, -0.2) is 0 Å². The van der Waals surface area contributed by atoms with Gasteiger partial charge >= 0.3 is 58.7 Å². The van der Waals surface area contributed by atoms with Gasteiger partial charge in [-0.1, -0.05) is 19.3 Å². The molecule has 0 aromatic carbocycles. The van der Waals surface area contributed by atoms with Gasteiger partial charge in [-0.3, -0.25) is 8.63 Å². The number of halogens is 3. The maximum absolute atomic E-state index is 11.7. The van der Waals surface area contributed by atoms with E-state index in [9.17, 15) is 8.63 Å². The molecule has 0 aliphatic heterocycles. The molecular weight excluding hydrogens is 205 g/mol. The fraction of sp³-hybridized carbons (Fsp3) is 1.00. The van der Waals surface area contributed by atoms with Crippen molar-refractivity contribution in [2.45, 2.75) is 38.1 Å². The molecule has 1 rings (SSSR count). The molecule has 1 fully saturated rings. The minimum atomic E-state index is -2.20. The fourth-order valence-corrected chi connectivity index (χ4v) is 1.56. The molecule has 0 heterocycles. The van der Waals surface area contributed by atoms with E-state index in [0.29, 0.717) is 6.04 Å². The van der Waals surface area contributed by atoms with Gasteiger partial charge in [0.25, 0.3) is 0 Å². The molecule has 72 valence electrons. The van der Waals surface area contributed by atoms with Crippen molar-refractivity contribution in [3.05, 3.63) is 0 Å². The maximum atomic E-state index is 11.7. The van der Waals surface area contributed by atoms with E-state index in [1.54, 1.807) is 0 Å². The van der Waals surface area contributed by atoms with Gasteiger partial charge in [-0.05, 0) is 12.8 Å². The molecule has 13 heavy (non-hydrogen) atoms. The second kappa shape index (κ2) is 9.99. The second-order valence-corrected chi connectivity index (χ2v) is 3.13. The molecule has 0 spiro atoms. The third-order valence-corrected chi connectivity index (χ3v) is 2.17. The van der Waals surface area contributed by atoms with Crippen LogP contribution in [-0.4, -0.2) is 19.8 Å². The Balaban J connectivity index is 0. The monoisotopic (exact) mass is 219 g/mol. The zero-order chi connectivity index (χ0) is 8.10. The predicted molar refractivity (Wildman–Crippen MR) is 42.8 cm³/mol. The van der Waals surface area contributed by atoms with Crippen LogP contribution < -0.4 is 61.4 Å². The van der Waals surface area contributed by atoms with Crippen LogP contribution >= 0.6 is 0 Å². The quantitative estimate of drug-likeness (QED) is 0.476. The Labute approximate surface area is 120 Å². The van der Waals surface area contributed by atoms with Crippen molar-refractivity contribution in [2.75, 3.05) is 6.44 Å². The summed E-state index contributed by atoms with van der Waals surface area (Å²) >= 11 is 0. The van der Waals surface area contributed by atoms with Crippen molar-refractivity contribution >= 4 is 7.27 Å². The van der Waals surface area contributed by atoms with Crippen molar-refractivity contribution in [1.29, 1.82) is 0 Å². The van der Waals surface area contributed by atoms with Crippen LogP contribution in [0.1, 0.15) is 32.1 Å². The van der Waals surface area contributed by atoms with E-state index in [1.165, 1.54) is 19.3 Å². The Bertz CT molecular complexity index is 112. The smallest absolute Gasteiger partial charge is 1.00 e. The van der Waals surface area contributed by atoms with Crippen molar-refractivity contribution in [1.82, 2.24) is 5.32 Å². The van der Waals surface area contributed by atoms with Crippen molar-refractivity contribution in [3.8, 4) is 0 Å². The van der Waals surface area contributed by atoms with Gasteiger partial charge in [0.2, 0.25) is 0 Å². The Morgan fingerprint density at radius 3 is 2.15 bits per heavy atom. The summed E-state index contributed by atoms with van der Waals surface area (Å²) in [7, 11) is -2.20. The molecule has 1 aliphatic carbocycles. The molecule has 0 radical (unpaired) electrons. The molecule has 0 aromatic heterocycles. The average Bonchev–Trinajstić information content (AvgIpc) is 2.03. The summed E-state index contributed by atoms with van der Waals surface area (Å²) in [6.07, 6.45) is 5.68. The van der Waals surface area contributed by atoms with Gasteiger partial charge in [0.1, 0.15) is 0 Å². The van der Waals surface area contributed by atoms with Crippen LogP contribution in [0.25, 0.3) is 0 Å². The van der Waals surface area contributed by atoms with Crippen molar-refractivity contribution in [2.24, 2.45) is 0 Å². The van der Waals surface area contributed by atoms with Crippen LogP contribution in [0.15, 0.2) is 0 Å². The molecule has 1 saturated carbocycles. The van der Waals surface area contributed by atoms with Crippen LogP contribution in [0.4, 0.5) is 8.63 Å².